The molecule has 1 N–H and O–H groups in total. The number of hydrogen-bond donors (Lipinski definition) is 1. The van der Waals surface area contributed by atoms with Crippen molar-refractivity contribution in [2.45, 2.75) is 64.6 Å². The lowest BCUT2D eigenvalue weighted by Gasteiger charge is -2.36. The molecular weight excluding hydrogens is 224 g/mol. The number of nitrogens with zero attached hydrogens (tertiary/aromatic N) is 1. The predicted octanol–water partition coefficient (Wildman–Crippen LogP) is 2.26. The average molecular weight is 254 g/mol. The van der Waals surface area contributed by atoms with Crippen molar-refractivity contribution in [1.82, 2.24) is 10.2 Å². The van der Waals surface area contributed by atoms with Gasteiger partial charge < -0.3 is 10.1 Å². The maximum atomic E-state index is 5.52. The zero-order valence-electron chi connectivity index (χ0n) is 12.5. The van der Waals surface area contributed by atoms with Crippen LogP contribution in [0.4, 0.5) is 0 Å². The lowest BCUT2D eigenvalue weighted by Crippen LogP contribution is -2.48. The van der Waals surface area contributed by atoms with E-state index in [2.05, 4.69) is 31.0 Å². The highest BCUT2D eigenvalue weighted by molar-refractivity contribution is 4.91. The summed E-state index contributed by atoms with van der Waals surface area (Å²) in [4.78, 5) is 2.72. The summed E-state index contributed by atoms with van der Waals surface area (Å²) in [6.07, 6.45) is 5.56. The lowest BCUT2D eigenvalue weighted by molar-refractivity contribution is 0.0928. The molecule has 2 rings (SSSR count). The van der Waals surface area contributed by atoms with Crippen LogP contribution in [0.15, 0.2) is 0 Å². The van der Waals surface area contributed by atoms with Crippen LogP contribution in [-0.4, -0.2) is 49.8 Å². The Labute approximate surface area is 112 Å². The molecule has 0 bridgehead atoms. The van der Waals surface area contributed by atoms with E-state index in [9.17, 15) is 0 Å². The number of ether oxygens (including phenoxy) is 1. The van der Waals surface area contributed by atoms with Crippen LogP contribution >= 0.6 is 0 Å². The van der Waals surface area contributed by atoms with Crippen LogP contribution in [-0.2, 0) is 4.74 Å². The average Bonchev–Trinajstić information content (AvgIpc) is 2.64. The van der Waals surface area contributed by atoms with E-state index in [0.29, 0.717) is 17.6 Å². The molecule has 0 radical (unpaired) electrons. The molecule has 3 heteroatoms. The molecule has 1 aliphatic carbocycles. The fourth-order valence-electron chi connectivity index (χ4n) is 3.32. The smallest absolute Gasteiger partial charge is 0.0586 e. The SMILES string of the molecule is COC1CCC(N2CCCNC(C(C)(C)C)C2)C1. The highest BCUT2D eigenvalue weighted by Crippen LogP contribution is 2.29. The monoisotopic (exact) mass is 254 g/mol. The predicted molar refractivity (Wildman–Crippen MR) is 75.9 cm³/mol. The normalized spacial score (nSPS) is 35.7. The first kappa shape index (κ1) is 14.3. The zero-order chi connectivity index (χ0) is 13.2. The zero-order valence-corrected chi connectivity index (χ0v) is 12.5. The van der Waals surface area contributed by atoms with E-state index in [0.717, 1.165) is 6.04 Å². The summed E-state index contributed by atoms with van der Waals surface area (Å²) in [5.74, 6) is 0. The molecule has 0 aromatic heterocycles. The van der Waals surface area contributed by atoms with Crippen molar-refractivity contribution in [3.63, 3.8) is 0 Å². The van der Waals surface area contributed by atoms with Crippen molar-refractivity contribution in [2.75, 3.05) is 26.7 Å². The van der Waals surface area contributed by atoms with Gasteiger partial charge in [-0.15, -0.1) is 0 Å². The quantitative estimate of drug-likeness (QED) is 0.818. The first-order valence-electron chi connectivity index (χ1n) is 7.51. The third-order valence-corrected chi connectivity index (χ3v) is 4.68. The Hall–Kier alpha value is -0.120. The molecule has 0 aromatic rings. The second kappa shape index (κ2) is 5.89. The molecule has 1 saturated carbocycles. The summed E-state index contributed by atoms with van der Waals surface area (Å²) < 4.78 is 5.52. The Morgan fingerprint density at radius 2 is 2.00 bits per heavy atom. The van der Waals surface area contributed by atoms with Crippen LogP contribution in [0.5, 0.6) is 0 Å². The third kappa shape index (κ3) is 3.46. The maximum Gasteiger partial charge on any atom is 0.0586 e. The molecule has 3 atom stereocenters. The van der Waals surface area contributed by atoms with Crippen molar-refractivity contribution in [3.05, 3.63) is 0 Å². The minimum Gasteiger partial charge on any atom is -0.381 e. The third-order valence-electron chi connectivity index (χ3n) is 4.68. The van der Waals surface area contributed by atoms with E-state index >= 15 is 0 Å². The van der Waals surface area contributed by atoms with Gasteiger partial charge in [-0.25, -0.2) is 0 Å². The van der Waals surface area contributed by atoms with Crippen LogP contribution in [0.1, 0.15) is 46.5 Å². The van der Waals surface area contributed by atoms with Crippen molar-refractivity contribution in [2.24, 2.45) is 5.41 Å². The molecule has 3 nitrogen and oxygen atoms in total. The Morgan fingerprint density at radius 3 is 2.61 bits per heavy atom. The first-order chi connectivity index (χ1) is 8.50. The van der Waals surface area contributed by atoms with E-state index in [1.54, 1.807) is 0 Å². The van der Waals surface area contributed by atoms with E-state index in [-0.39, 0.29) is 0 Å². The molecule has 106 valence electrons. The molecule has 1 saturated heterocycles. The summed E-state index contributed by atoms with van der Waals surface area (Å²) in [5, 5.41) is 3.73. The van der Waals surface area contributed by atoms with Crippen LogP contribution in [0.3, 0.4) is 0 Å². The van der Waals surface area contributed by atoms with Gasteiger partial charge in [-0.2, -0.15) is 0 Å². The van der Waals surface area contributed by atoms with Crippen LogP contribution in [0.25, 0.3) is 0 Å². The van der Waals surface area contributed by atoms with Crippen LogP contribution < -0.4 is 5.32 Å². The molecule has 1 heterocycles. The van der Waals surface area contributed by atoms with E-state index in [1.165, 1.54) is 45.3 Å². The molecule has 1 aliphatic heterocycles. The fourth-order valence-corrected chi connectivity index (χ4v) is 3.32. The van der Waals surface area contributed by atoms with E-state index in [1.807, 2.05) is 7.11 Å². The van der Waals surface area contributed by atoms with Gasteiger partial charge in [-0.1, -0.05) is 20.8 Å². The molecule has 0 aromatic carbocycles. The van der Waals surface area contributed by atoms with Crippen LogP contribution in [0, 0.1) is 5.41 Å². The Bertz CT molecular complexity index is 262. The molecule has 18 heavy (non-hydrogen) atoms. The Morgan fingerprint density at radius 1 is 1.22 bits per heavy atom. The van der Waals surface area contributed by atoms with Gasteiger partial charge >= 0.3 is 0 Å². The Balaban J connectivity index is 1.95. The van der Waals surface area contributed by atoms with E-state index in [4.69, 9.17) is 4.74 Å². The van der Waals surface area contributed by atoms with Crippen molar-refractivity contribution >= 4 is 0 Å². The number of rotatable bonds is 2. The highest BCUT2D eigenvalue weighted by atomic mass is 16.5. The number of hydrogen-bond acceptors (Lipinski definition) is 3. The van der Waals surface area contributed by atoms with Gasteiger partial charge in [-0.3, -0.25) is 4.90 Å². The van der Waals surface area contributed by atoms with Crippen LogP contribution in [0.2, 0.25) is 0 Å². The van der Waals surface area contributed by atoms with Gasteiger partial charge in [0.05, 0.1) is 6.10 Å². The van der Waals surface area contributed by atoms with Gasteiger partial charge in [0.1, 0.15) is 0 Å². The second-order valence-corrected chi connectivity index (χ2v) is 7.05. The van der Waals surface area contributed by atoms with Crippen molar-refractivity contribution in [1.29, 1.82) is 0 Å². The highest BCUT2D eigenvalue weighted by Gasteiger charge is 2.34. The maximum absolute atomic E-state index is 5.52. The van der Waals surface area contributed by atoms with E-state index < -0.39 is 0 Å². The van der Waals surface area contributed by atoms with Gasteiger partial charge in [0, 0.05) is 25.7 Å². The molecule has 0 amide bonds. The minimum absolute atomic E-state index is 0.349. The summed E-state index contributed by atoms with van der Waals surface area (Å²) >= 11 is 0. The van der Waals surface area contributed by atoms with Gasteiger partial charge in [0.25, 0.3) is 0 Å². The largest absolute Gasteiger partial charge is 0.381 e. The summed E-state index contributed by atoms with van der Waals surface area (Å²) in [6.45, 7) is 10.7. The molecule has 2 fully saturated rings. The summed E-state index contributed by atoms with van der Waals surface area (Å²) in [5.41, 5.74) is 0.349. The Kier molecular flexibility index (Phi) is 4.68. The second-order valence-electron chi connectivity index (χ2n) is 7.05. The minimum atomic E-state index is 0.349. The topological polar surface area (TPSA) is 24.5 Å². The lowest BCUT2D eigenvalue weighted by atomic mass is 9.86. The molecule has 3 unspecified atom stereocenters. The molecule has 0 spiro atoms. The first-order valence-corrected chi connectivity index (χ1v) is 7.51. The number of nitrogens with one attached hydrogen (secondary N) is 1. The fraction of sp³-hybridized carbons (Fsp3) is 1.00. The van der Waals surface area contributed by atoms with Gasteiger partial charge in [0.15, 0.2) is 0 Å². The van der Waals surface area contributed by atoms with Crippen molar-refractivity contribution in [3.8, 4) is 0 Å². The summed E-state index contributed by atoms with van der Waals surface area (Å²) in [7, 11) is 1.86. The molecular formula is C15H30N2O. The van der Waals surface area contributed by atoms with Gasteiger partial charge in [-0.05, 0) is 44.2 Å². The summed E-state index contributed by atoms with van der Waals surface area (Å²) in [6, 6.07) is 1.36. The number of methoxy groups -OCH3 is 1. The molecule has 2 aliphatic rings. The standard InChI is InChI=1S/C15H30N2O/c1-15(2,3)14-11-17(9-5-8-16-14)12-6-7-13(10-12)18-4/h12-14,16H,5-11H2,1-4H3. The van der Waals surface area contributed by atoms with Gasteiger partial charge in [0.2, 0.25) is 0 Å². The van der Waals surface area contributed by atoms with Crippen molar-refractivity contribution < 1.29 is 4.74 Å².